The maximum atomic E-state index is 2.77. The van der Waals surface area contributed by atoms with Gasteiger partial charge in [-0.05, 0) is 0 Å². The van der Waals surface area contributed by atoms with E-state index in [1.165, 1.54) is 55.2 Å². The van der Waals surface area contributed by atoms with Gasteiger partial charge in [0.2, 0.25) is 0 Å². The van der Waals surface area contributed by atoms with Gasteiger partial charge in [-0.3, -0.25) is 0 Å². The van der Waals surface area contributed by atoms with Gasteiger partial charge >= 0.3 is 153 Å². The van der Waals surface area contributed by atoms with Crippen LogP contribution in [0.2, 0.25) is 14.3 Å². The fraction of sp³-hybridized carbons (Fsp3) is 0.238. The van der Waals surface area contributed by atoms with Crippen molar-refractivity contribution >= 4 is 65.4 Å². The fourth-order valence-corrected chi connectivity index (χ4v) is 9.18. The number of rotatable bonds is 4. The van der Waals surface area contributed by atoms with E-state index in [0.29, 0.717) is 0 Å². The molecule has 0 atom stereocenters. The summed E-state index contributed by atoms with van der Waals surface area (Å²) < 4.78 is 1.47. The van der Waals surface area contributed by atoms with Crippen molar-refractivity contribution in [1.29, 1.82) is 0 Å². The molecular weight excluding hydrogens is 498 g/mol. The van der Waals surface area contributed by atoms with Crippen LogP contribution in [0.3, 0.4) is 0 Å². The van der Waals surface area contributed by atoms with E-state index in [9.17, 15) is 0 Å². The molecule has 0 radical (unpaired) electrons. The normalized spacial score (nSPS) is 12.7. The molecule has 4 rings (SSSR count). The average Bonchev–Trinajstić information content (AvgIpc) is 2.52. The van der Waals surface area contributed by atoms with Crippen LogP contribution in [-0.2, 0) is 6.42 Å². The summed E-state index contributed by atoms with van der Waals surface area (Å²) in [5, 5.41) is 8.48. The number of hydrogen-bond donors (Lipinski definition) is 0. The second-order valence-corrected chi connectivity index (χ2v) is 38.0. The van der Waals surface area contributed by atoms with Crippen LogP contribution in [0.4, 0.5) is 0 Å². The van der Waals surface area contributed by atoms with Crippen LogP contribution < -0.4 is 0 Å². The molecule has 0 N–H and O–H groups in total. The summed E-state index contributed by atoms with van der Waals surface area (Å²) in [5.74, 6) is 0. The molecule has 0 bridgehead atoms. The van der Waals surface area contributed by atoms with Gasteiger partial charge in [-0.15, -0.1) is 0 Å². The molecule has 4 aromatic carbocycles. The maximum absolute atomic E-state index is 2.77. The molecule has 4 aromatic rings. The van der Waals surface area contributed by atoms with E-state index in [0.717, 1.165) is 0 Å². The van der Waals surface area contributed by atoms with Gasteiger partial charge in [-0.2, -0.15) is 0 Å². The number of aryl methyl sites for hydroxylation is 1. The summed E-state index contributed by atoms with van der Waals surface area (Å²) in [6, 6.07) is 20.5. The Morgan fingerprint density at radius 3 is 2.09 bits per heavy atom. The fourth-order valence-electron chi connectivity index (χ4n) is 3.71. The van der Waals surface area contributed by atoms with E-state index in [4.69, 9.17) is 0 Å². The number of benzene rings is 4. The molecular formula is C21H21ISn. The van der Waals surface area contributed by atoms with Gasteiger partial charge in [-0.1, -0.05) is 0 Å². The monoisotopic (exact) mass is 520 g/mol. The Balaban J connectivity index is 1.86. The summed E-state index contributed by atoms with van der Waals surface area (Å²) in [7, 11) is 0. The van der Waals surface area contributed by atoms with Crippen molar-refractivity contribution in [2.45, 2.75) is 27.2 Å². The second kappa shape index (κ2) is 6.07. The Hall–Kier alpha value is -0.551. The summed E-state index contributed by atoms with van der Waals surface area (Å²) in [6.45, 7) is 0. The van der Waals surface area contributed by atoms with Gasteiger partial charge in [0, 0.05) is 0 Å². The SMILES string of the molecule is [CH3][Sn]([CH3])([I])[CH2]CCc1ccc2ccc3cccc4ccc1c2c34. The minimum absolute atomic E-state index is 1.22. The Labute approximate surface area is 151 Å². The Kier molecular flexibility index (Phi) is 4.21. The standard InChI is InChI=1S/C19H15.2CH3.HI.Sn/c1-2-4-13-7-8-16-10-9-14-5-3-6-15-11-12-17(13)19(16)18(14)15;;;;/h3,5-12H,1-2,4H2;2*1H3;1H;/q;;;;+1/p-1. The zero-order chi connectivity index (χ0) is 16.0. The van der Waals surface area contributed by atoms with Gasteiger partial charge < -0.3 is 0 Å². The third-order valence-electron chi connectivity index (χ3n) is 4.84. The van der Waals surface area contributed by atoms with Crippen molar-refractivity contribution in [3.63, 3.8) is 0 Å². The second-order valence-electron chi connectivity index (χ2n) is 7.15. The zero-order valence-electron chi connectivity index (χ0n) is 13.7. The average molecular weight is 519 g/mol. The molecule has 0 unspecified atom stereocenters. The molecule has 0 aromatic heterocycles. The Bertz CT molecular complexity index is 966. The Morgan fingerprint density at radius 1 is 0.783 bits per heavy atom. The summed E-state index contributed by atoms with van der Waals surface area (Å²) in [4.78, 5) is 5.05. The molecule has 2 heteroatoms. The molecule has 0 saturated heterocycles. The summed E-state index contributed by atoms with van der Waals surface area (Å²) in [5.41, 5.74) is 1.53. The molecule has 0 aliphatic carbocycles. The van der Waals surface area contributed by atoms with E-state index in [1.807, 2.05) is 0 Å². The van der Waals surface area contributed by atoms with Crippen molar-refractivity contribution in [3.05, 3.63) is 60.2 Å². The molecule has 0 aliphatic rings. The first-order valence-electron chi connectivity index (χ1n) is 8.37. The van der Waals surface area contributed by atoms with Gasteiger partial charge in [0.1, 0.15) is 0 Å². The van der Waals surface area contributed by atoms with E-state index < -0.39 is 14.4 Å². The van der Waals surface area contributed by atoms with E-state index in [2.05, 4.69) is 83.1 Å². The van der Waals surface area contributed by atoms with Crippen molar-refractivity contribution in [2.24, 2.45) is 0 Å². The van der Waals surface area contributed by atoms with Crippen molar-refractivity contribution < 1.29 is 0 Å². The molecule has 0 amide bonds. The number of hydrogen-bond acceptors (Lipinski definition) is 0. The quantitative estimate of drug-likeness (QED) is 0.153. The van der Waals surface area contributed by atoms with Gasteiger partial charge in [0.15, 0.2) is 0 Å². The van der Waals surface area contributed by atoms with Crippen LogP contribution in [0.1, 0.15) is 12.0 Å². The molecule has 23 heavy (non-hydrogen) atoms. The Morgan fingerprint density at radius 2 is 1.39 bits per heavy atom. The third-order valence-corrected chi connectivity index (χ3v) is 12.9. The zero-order valence-corrected chi connectivity index (χ0v) is 18.7. The summed E-state index contributed by atoms with van der Waals surface area (Å²) >= 11 is 1.10. The molecule has 0 nitrogen and oxygen atoms in total. The van der Waals surface area contributed by atoms with Crippen LogP contribution in [-0.4, -0.2) is 14.4 Å². The van der Waals surface area contributed by atoms with Crippen molar-refractivity contribution in [3.8, 4) is 0 Å². The number of halogens is 1. The van der Waals surface area contributed by atoms with E-state index in [1.54, 1.807) is 0 Å². The van der Waals surface area contributed by atoms with Crippen LogP contribution in [0.5, 0.6) is 0 Å². The molecule has 0 heterocycles. The van der Waals surface area contributed by atoms with Crippen LogP contribution in [0, 0.1) is 0 Å². The molecule has 116 valence electrons. The van der Waals surface area contributed by atoms with Gasteiger partial charge in [0.25, 0.3) is 0 Å². The summed E-state index contributed by atoms with van der Waals surface area (Å²) in [6.07, 6.45) is 2.56. The van der Waals surface area contributed by atoms with E-state index >= 15 is 0 Å². The van der Waals surface area contributed by atoms with Crippen LogP contribution >= 0.6 is 18.6 Å². The van der Waals surface area contributed by atoms with Crippen molar-refractivity contribution in [1.82, 2.24) is 0 Å². The topological polar surface area (TPSA) is 0 Å². The van der Waals surface area contributed by atoms with Crippen LogP contribution in [0.15, 0.2) is 54.6 Å². The molecule has 0 aliphatic heterocycles. The minimum atomic E-state index is -1.67. The molecule has 0 saturated carbocycles. The molecule has 0 fully saturated rings. The van der Waals surface area contributed by atoms with Gasteiger partial charge in [0.05, 0.1) is 0 Å². The molecule has 0 spiro atoms. The van der Waals surface area contributed by atoms with E-state index in [-0.39, 0.29) is 0 Å². The van der Waals surface area contributed by atoms with Gasteiger partial charge in [-0.25, -0.2) is 0 Å². The first kappa shape index (κ1) is 15.9. The van der Waals surface area contributed by atoms with Crippen molar-refractivity contribution in [2.75, 3.05) is 0 Å². The third kappa shape index (κ3) is 3.07. The predicted octanol–water partition coefficient (Wildman–Crippen LogP) is 7.16. The first-order valence-corrected chi connectivity index (χ1v) is 24.4. The first-order chi connectivity index (χ1) is 11.0. The predicted molar refractivity (Wildman–Crippen MR) is 115 cm³/mol. The van der Waals surface area contributed by atoms with Crippen LogP contribution in [0.25, 0.3) is 32.3 Å².